The fraction of sp³-hybridized carbons (Fsp3) is 0. The van der Waals surface area contributed by atoms with Crippen LogP contribution in [0.1, 0.15) is 0 Å². The van der Waals surface area contributed by atoms with Crippen LogP contribution in [0.2, 0.25) is 0 Å². The average molecular weight is 332 g/mol. The van der Waals surface area contributed by atoms with Gasteiger partial charge < -0.3 is 0 Å². The highest BCUT2D eigenvalue weighted by molar-refractivity contribution is 9.10. The smallest absolute Gasteiger partial charge is 0.258 e. The molecule has 2 aromatic rings. The van der Waals surface area contributed by atoms with Gasteiger partial charge in [0, 0.05) is 26.6 Å². The van der Waals surface area contributed by atoms with E-state index in [1.807, 2.05) is 0 Å². The van der Waals surface area contributed by atoms with E-state index in [0.717, 1.165) is 9.86 Å². The predicted octanol–water partition coefficient (Wildman–Crippen LogP) is 3.67. The van der Waals surface area contributed by atoms with Crippen LogP contribution in [0.15, 0.2) is 33.3 Å². The maximum absolute atomic E-state index is 10.8. The van der Waals surface area contributed by atoms with Crippen molar-refractivity contribution in [2.24, 2.45) is 0 Å². The van der Waals surface area contributed by atoms with Crippen molar-refractivity contribution in [2.45, 2.75) is 0 Å². The monoisotopic (exact) mass is 330 g/mol. The molecule has 0 spiro atoms. The van der Waals surface area contributed by atoms with E-state index in [9.17, 15) is 10.1 Å². The lowest BCUT2D eigenvalue weighted by atomic mass is 10.2. The van der Waals surface area contributed by atoms with E-state index in [4.69, 9.17) is 0 Å². The number of nitro benzene ring substituents is 1. The number of aromatic nitrogens is 1. The number of hydrogen-bond acceptors (Lipinski definition) is 3. The Labute approximate surface area is 102 Å². The average Bonchev–Trinajstić information content (AvgIpc) is 2.15. The van der Waals surface area contributed by atoms with E-state index in [1.54, 1.807) is 18.3 Å². The highest BCUT2D eigenvalue weighted by Gasteiger charge is 2.14. The topological polar surface area (TPSA) is 56.0 Å². The van der Waals surface area contributed by atoms with Crippen LogP contribution in [0, 0.1) is 10.1 Å². The fourth-order valence-electron chi connectivity index (χ4n) is 1.31. The van der Waals surface area contributed by atoms with E-state index < -0.39 is 4.92 Å². The molecule has 0 saturated heterocycles. The zero-order valence-corrected chi connectivity index (χ0v) is 10.4. The quantitative estimate of drug-likeness (QED) is 0.591. The van der Waals surface area contributed by atoms with Crippen LogP contribution in [-0.2, 0) is 0 Å². The number of hydrogen-bond donors (Lipinski definition) is 0. The maximum atomic E-state index is 10.8. The number of fused-ring (bicyclic) bond motifs is 1. The van der Waals surface area contributed by atoms with Crippen LogP contribution >= 0.6 is 31.9 Å². The van der Waals surface area contributed by atoms with Crippen molar-refractivity contribution in [2.75, 3.05) is 0 Å². The molecule has 0 N–H and O–H groups in total. The Morgan fingerprint density at radius 2 is 1.87 bits per heavy atom. The van der Waals surface area contributed by atoms with E-state index in [-0.39, 0.29) is 5.69 Å². The van der Waals surface area contributed by atoms with Crippen LogP contribution in [0.4, 0.5) is 5.69 Å². The van der Waals surface area contributed by atoms with Gasteiger partial charge in [-0.1, -0.05) is 15.9 Å². The van der Waals surface area contributed by atoms with Crippen molar-refractivity contribution >= 4 is 48.5 Å². The van der Waals surface area contributed by atoms with Gasteiger partial charge in [0.15, 0.2) is 0 Å². The van der Waals surface area contributed by atoms with Crippen molar-refractivity contribution in [3.05, 3.63) is 43.5 Å². The lowest BCUT2D eigenvalue weighted by molar-refractivity contribution is -0.383. The molecule has 15 heavy (non-hydrogen) atoms. The molecule has 0 fully saturated rings. The van der Waals surface area contributed by atoms with Gasteiger partial charge in [-0.15, -0.1) is 0 Å². The van der Waals surface area contributed by atoms with Gasteiger partial charge in [0.05, 0.1) is 4.92 Å². The minimum Gasteiger partial charge on any atom is -0.258 e. The third kappa shape index (κ3) is 2.00. The summed E-state index contributed by atoms with van der Waals surface area (Å²) in [6.07, 6.45) is 1.54. The molecule has 76 valence electrons. The van der Waals surface area contributed by atoms with Crippen molar-refractivity contribution in [3.63, 3.8) is 0 Å². The Hall–Kier alpha value is -1.01. The molecule has 0 bridgehead atoms. The molecule has 0 atom stereocenters. The van der Waals surface area contributed by atoms with Crippen molar-refractivity contribution < 1.29 is 4.92 Å². The zero-order valence-electron chi connectivity index (χ0n) is 7.28. The molecule has 1 aromatic heterocycles. The van der Waals surface area contributed by atoms with Crippen LogP contribution in [0.3, 0.4) is 0 Å². The molecule has 0 aliphatic carbocycles. The molecule has 6 heteroatoms. The number of non-ortho nitro benzene ring substituents is 1. The summed E-state index contributed by atoms with van der Waals surface area (Å²) in [7, 11) is 0. The largest absolute Gasteiger partial charge is 0.296 e. The number of pyridine rings is 1. The van der Waals surface area contributed by atoms with Crippen LogP contribution in [0.25, 0.3) is 10.9 Å². The van der Waals surface area contributed by atoms with E-state index in [1.165, 1.54) is 6.07 Å². The first-order chi connectivity index (χ1) is 7.08. The Bertz CT molecular complexity index is 552. The SMILES string of the molecule is O=[N+]([O-])c1cc(Br)cc2cc(Br)cnc12. The number of halogens is 2. The summed E-state index contributed by atoms with van der Waals surface area (Å²) >= 11 is 6.50. The molecule has 0 unspecified atom stereocenters. The van der Waals surface area contributed by atoms with Crippen LogP contribution < -0.4 is 0 Å². The maximum Gasteiger partial charge on any atom is 0.296 e. The minimum absolute atomic E-state index is 0.00637. The summed E-state index contributed by atoms with van der Waals surface area (Å²) in [5, 5.41) is 11.5. The van der Waals surface area contributed by atoms with Gasteiger partial charge in [0.2, 0.25) is 0 Å². The summed E-state index contributed by atoms with van der Waals surface area (Å²) in [5.74, 6) is 0. The first kappa shape index (κ1) is 10.5. The molecule has 0 radical (unpaired) electrons. The van der Waals surface area contributed by atoms with Crippen molar-refractivity contribution in [1.82, 2.24) is 4.98 Å². The zero-order chi connectivity index (χ0) is 11.0. The molecular formula is C9H4Br2N2O2. The molecule has 0 aliphatic rings. The second kappa shape index (κ2) is 3.86. The Kier molecular flexibility index (Phi) is 2.70. The van der Waals surface area contributed by atoms with Crippen molar-refractivity contribution in [1.29, 1.82) is 0 Å². The molecule has 1 heterocycles. The molecule has 2 rings (SSSR count). The van der Waals surface area contributed by atoms with E-state index in [0.29, 0.717) is 9.99 Å². The Morgan fingerprint density at radius 1 is 1.20 bits per heavy atom. The molecule has 0 aliphatic heterocycles. The number of nitro groups is 1. The summed E-state index contributed by atoms with van der Waals surface area (Å²) in [6, 6.07) is 5.03. The lowest BCUT2D eigenvalue weighted by Crippen LogP contribution is -1.91. The second-order valence-electron chi connectivity index (χ2n) is 2.91. The van der Waals surface area contributed by atoms with E-state index >= 15 is 0 Å². The van der Waals surface area contributed by atoms with Gasteiger partial charge in [0.1, 0.15) is 5.52 Å². The highest BCUT2D eigenvalue weighted by atomic mass is 79.9. The summed E-state index contributed by atoms with van der Waals surface area (Å²) in [5.41, 5.74) is 0.401. The Morgan fingerprint density at radius 3 is 2.53 bits per heavy atom. The van der Waals surface area contributed by atoms with E-state index in [2.05, 4.69) is 36.8 Å². The molecule has 0 amide bonds. The van der Waals surface area contributed by atoms with Crippen LogP contribution in [-0.4, -0.2) is 9.91 Å². The third-order valence-electron chi connectivity index (χ3n) is 1.89. The number of benzene rings is 1. The summed E-state index contributed by atoms with van der Waals surface area (Å²) in [4.78, 5) is 14.4. The molecular weight excluding hydrogens is 328 g/mol. The van der Waals surface area contributed by atoms with Crippen molar-refractivity contribution in [3.8, 4) is 0 Å². The fourth-order valence-corrected chi connectivity index (χ4v) is 2.12. The first-order valence-electron chi connectivity index (χ1n) is 3.97. The normalized spacial score (nSPS) is 10.5. The minimum atomic E-state index is -0.437. The molecule has 0 saturated carbocycles. The predicted molar refractivity (Wildman–Crippen MR) is 63.8 cm³/mol. The molecule has 4 nitrogen and oxygen atoms in total. The highest BCUT2D eigenvalue weighted by Crippen LogP contribution is 2.29. The Balaban J connectivity index is 2.86. The van der Waals surface area contributed by atoms with Gasteiger partial charge in [-0.25, -0.2) is 4.98 Å². The third-order valence-corrected chi connectivity index (χ3v) is 2.78. The lowest BCUT2D eigenvalue weighted by Gasteiger charge is -2.00. The summed E-state index contributed by atoms with van der Waals surface area (Å²) < 4.78 is 1.46. The summed E-state index contributed by atoms with van der Waals surface area (Å²) in [6.45, 7) is 0. The standard InChI is InChI=1S/C9H4Br2N2O2/c10-6-1-5-2-7(11)4-12-9(5)8(3-6)13(14)15/h1-4H. The number of nitrogens with zero attached hydrogens (tertiary/aromatic N) is 2. The van der Waals surface area contributed by atoms with Gasteiger partial charge >= 0.3 is 0 Å². The van der Waals surface area contributed by atoms with Gasteiger partial charge in [-0.2, -0.15) is 0 Å². The number of rotatable bonds is 1. The second-order valence-corrected chi connectivity index (χ2v) is 4.74. The first-order valence-corrected chi connectivity index (χ1v) is 5.56. The van der Waals surface area contributed by atoms with Gasteiger partial charge in [0.25, 0.3) is 5.69 Å². The van der Waals surface area contributed by atoms with Gasteiger partial charge in [-0.3, -0.25) is 10.1 Å². The van der Waals surface area contributed by atoms with Crippen LogP contribution in [0.5, 0.6) is 0 Å². The molecule has 1 aromatic carbocycles. The van der Waals surface area contributed by atoms with Gasteiger partial charge in [-0.05, 0) is 28.1 Å².